The van der Waals surface area contributed by atoms with Crippen LogP contribution < -0.4 is 10.2 Å². The molecule has 0 saturated carbocycles. The molecule has 3 rings (SSSR count). The highest BCUT2D eigenvalue weighted by atomic mass is 35.5. The fourth-order valence-electron chi connectivity index (χ4n) is 2.62. The number of ether oxygens (including phenoxy) is 1. The van der Waals surface area contributed by atoms with Crippen LogP contribution in [0.3, 0.4) is 0 Å². The van der Waals surface area contributed by atoms with Crippen LogP contribution >= 0.6 is 23.2 Å². The molecule has 0 fully saturated rings. The Hall–Kier alpha value is -2.50. The highest BCUT2D eigenvalue weighted by Gasteiger charge is 2.39. The van der Waals surface area contributed by atoms with Gasteiger partial charge in [0, 0.05) is 21.4 Å². The molecular formula is C19H16Cl2N2O3. The number of hydrogen-bond donors (Lipinski definition) is 1. The molecule has 0 radical (unpaired) electrons. The van der Waals surface area contributed by atoms with Crippen LogP contribution in [0, 0.1) is 0 Å². The number of carbonyl (C=O) groups excluding carboxylic acids is 2. The molecule has 26 heavy (non-hydrogen) atoms. The zero-order chi connectivity index (χ0) is 18.7. The van der Waals surface area contributed by atoms with Crippen molar-refractivity contribution in [3.05, 3.63) is 70.3 Å². The summed E-state index contributed by atoms with van der Waals surface area (Å²) in [6.45, 7) is 1.95. The van der Waals surface area contributed by atoms with E-state index in [0.717, 1.165) is 0 Å². The number of benzene rings is 2. The van der Waals surface area contributed by atoms with Gasteiger partial charge in [0.25, 0.3) is 5.91 Å². The Morgan fingerprint density at radius 2 is 1.65 bits per heavy atom. The Labute approximate surface area is 161 Å². The Morgan fingerprint density at radius 3 is 2.23 bits per heavy atom. The Balaban J connectivity index is 1.91. The van der Waals surface area contributed by atoms with Gasteiger partial charge in [-0.15, -0.1) is 0 Å². The van der Waals surface area contributed by atoms with Crippen molar-refractivity contribution in [3.63, 3.8) is 0 Å². The lowest BCUT2D eigenvalue weighted by molar-refractivity contribution is -0.144. The average molecular weight is 391 g/mol. The number of nitrogens with zero attached hydrogens (tertiary/aromatic N) is 1. The summed E-state index contributed by atoms with van der Waals surface area (Å²) in [5.41, 5.74) is 1.54. The minimum absolute atomic E-state index is 0.228. The van der Waals surface area contributed by atoms with Gasteiger partial charge in [-0.1, -0.05) is 23.2 Å². The number of hydrogen-bond acceptors (Lipinski definition) is 4. The van der Waals surface area contributed by atoms with Crippen LogP contribution in [0.4, 0.5) is 11.4 Å². The van der Waals surface area contributed by atoms with Crippen LogP contribution in [-0.2, 0) is 14.3 Å². The Bertz CT molecular complexity index is 848. The van der Waals surface area contributed by atoms with E-state index in [9.17, 15) is 9.59 Å². The first-order chi connectivity index (χ1) is 12.5. The summed E-state index contributed by atoms with van der Waals surface area (Å²) >= 11 is 11.8. The standard InChI is InChI=1S/C19H16Cl2N2O3/c1-2-26-19(25)17-11-16(22-14-7-3-12(20)4-8-14)18(24)23(17)15-9-5-13(21)6-10-15/h3-11,17,22H,2H2,1H3. The molecule has 0 saturated heterocycles. The monoisotopic (exact) mass is 390 g/mol. The van der Waals surface area contributed by atoms with Gasteiger partial charge in [0.2, 0.25) is 0 Å². The smallest absolute Gasteiger partial charge is 0.333 e. The van der Waals surface area contributed by atoms with Gasteiger partial charge >= 0.3 is 5.97 Å². The number of carbonyl (C=O) groups is 2. The summed E-state index contributed by atoms with van der Waals surface area (Å²) < 4.78 is 5.12. The Kier molecular flexibility index (Phi) is 5.49. The van der Waals surface area contributed by atoms with E-state index in [2.05, 4.69) is 5.32 Å². The summed E-state index contributed by atoms with van der Waals surface area (Å²) in [6, 6.07) is 12.8. The van der Waals surface area contributed by atoms with Gasteiger partial charge in [-0.3, -0.25) is 9.69 Å². The van der Waals surface area contributed by atoms with E-state index in [1.54, 1.807) is 61.5 Å². The van der Waals surface area contributed by atoms with E-state index in [0.29, 0.717) is 27.1 Å². The molecule has 0 spiro atoms. The van der Waals surface area contributed by atoms with E-state index < -0.39 is 12.0 Å². The van der Waals surface area contributed by atoms with Crippen molar-refractivity contribution in [1.82, 2.24) is 0 Å². The molecule has 1 unspecified atom stereocenters. The van der Waals surface area contributed by atoms with E-state index in [-0.39, 0.29) is 12.5 Å². The molecule has 0 bridgehead atoms. The highest BCUT2D eigenvalue weighted by molar-refractivity contribution is 6.31. The molecule has 1 amide bonds. The number of halogens is 2. The van der Waals surface area contributed by atoms with Gasteiger partial charge in [0.05, 0.1) is 6.61 Å². The van der Waals surface area contributed by atoms with Crippen molar-refractivity contribution in [2.75, 3.05) is 16.8 Å². The zero-order valence-corrected chi connectivity index (χ0v) is 15.4. The summed E-state index contributed by atoms with van der Waals surface area (Å²) in [6.07, 6.45) is 1.56. The van der Waals surface area contributed by atoms with Gasteiger partial charge in [0.15, 0.2) is 6.04 Å². The molecule has 2 aromatic carbocycles. The third-order valence-electron chi connectivity index (χ3n) is 3.81. The molecule has 7 heteroatoms. The van der Waals surface area contributed by atoms with Crippen LogP contribution in [0.15, 0.2) is 60.3 Å². The minimum atomic E-state index is -0.849. The molecule has 1 atom stereocenters. The van der Waals surface area contributed by atoms with Crippen molar-refractivity contribution in [1.29, 1.82) is 0 Å². The van der Waals surface area contributed by atoms with E-state index in [1.165, 1.54) is 4.90 Å². The van der Waals surface area contributed by atoms with Crippen LogP contribution in [0.25, 0.3) is 0 Å². The maximum Gasteiger partial charge on any atom is 0.333 e. The first-order valence-corrected chi connectivity index (χ1v) is 8.75. The van der Waals surface area contributed by atoms with E-state index >= 15 is 0 Å². The highest BCUT2D eigenvalue weighted by Crippen LogP contribution is 2.29. The van der Waals surface area contributed by atoms with Crippen molar-refractivity contribution in [2.24, 2.45) is 0 Å². The van der Waals surface area contributed by atoms with Crippen LogP contribution in [0.2, 0.25) is 10.0 Å². The molecular weight excluding hydrogens is 375 g/mol. The summed E-state index contributed by atoms with van der Waals surface area (Å²) in [5, 5.41) is 4.17. The molecule has 5 nitrogen and oxygen atoms in total. The van der Waals surface area contributed by atoms with E-state index in [4.69, 9.17) is 27.9 Å². The topological polar surface area (TPSA) is 58.6 Å². The fraction of sp³-hybridized carbons (Fsp3) is 0.158. The minimum Gasteiger partial charge on any atom is -0.464 e. The first-order valence-electron chi connectivity index (χ1n) is 7.99. The number of nitrogens with one attached hydrogen (secondary N) is 1. The summed E-state index contributed by atoms with van der Waals surface area (Å²) in [4.78, 5) is 26.6. The van der Waals surface area contributed by atoms with Crippen molar-refractivity contribution in [2.45, 2.75) is 13.0 Å². The SMILES string of the molecule is CCOC(=O)C1C=C(Nc2ccc(Cl)cc2)C(=O)N1c1ccc(Cl)cc1. The first kappa shape index (κ1) is 18.3. The average Bonchev–Trinajstić information content (AvgIpc) is 2.95. The van der Waals surface area contributed by atoms with Crippen molar-refractivity contribution in [3.8, 4) is 0 Å². The van der Waals surface area contributed by atoms with Gasteiger partial charge in [0.1, 0.15) is 5.70 Å². The summed E-state index contributed by atoms with van der Waals surface area (Å²) in [7, 11) is 0. The lowest BCUT2D eigenvalue weighted by Gasteiger charge is -2.23. The second kappa shape index (κ2) is 7.81. The molecule has 1 heterocycles. The molecule has 1 aliphatic heterocycles. The van der Waals surface area contributed by atoms with Crippen LogP contribution in [0.1, 0.15) is 6.92 Å². The predicted octanol–water partition coefficient (Wildman–Crippen LogP) is 4.27. The molecule has 2 aromatic rings. The molecule has 1 aliphatic rings. The van der Waals surface area contributed by atoms with Gasteiger partial charge in [-0.05, 0) is 61.5 Å². The largest absolute Gasteiger partial charge is 0.464 e. The Morgan fingerprint density at radius 1 is 1.08 bits per heavy atom. The maximum absolute atomic E-state index is 12.9. The molecule has 0 aliphatic carbocycles. The van der Waals surface area contributed by atoms with Gasteiger partial charge in [-0.25, -0.2) is 4.79 Å². The predicted molar refractivity (Wildman–Crippen MR) is 103 cm³/mol. The normalized spacial score (nSPS) is 16.4. The lowest BCUT2D eigenvalue weighted by atomic mass is 10.2. The van der Waals surface area contributed by atoms with Crippen molar-refractivity contribution >= 4 is 46.5 Å². The third-order valence-corrected chi connectivity index (χ3v) is 4.31. The lowest BCUT2D eigenvalue weighted by Crippen LogP contribution is -2.41. The second-order valence-electron chi connectivity index (χ2n) is 5.56. The van der Waals surface area contributed by atoms with Crippen molar-refractivity contribution < 1.29 is 14.3 Å². The number of amides is 1. The zero-order valence-electron chi connectivity index (χ0n) is 13.9. The second-order valence-corrected chi connectivity index (χ2v) is 6.43. The van der Waals surface area contributed by atoms with E-state index in [1.807, 2.05) is 0 Å². The van der Waals surface area contributed by atoms with Crippen LogP contribution in [0.5, 0.6) is 0 Å². The van der Waals surface area contributed by atoms with Gasteiger partial charge in [-0.2, -0.15) is 0 Å². The third kappa shape index (κ3) is 3.84. The summed E-state index contributed by atoms with van der Waals surface area (Å²) in [5.74, 6) is -0.830. The maximum atomic E-state index is 12.9. The molecule has 0 aromatic heterocycles. The number of esters is 1. The molecule has 1 N–H and O–H groups in total. The van der Waals surface area contributed by atoms with Gasteiger partial charge < -0.3 is 10.1 Å². The fourth-order valence-corrected chi connectivity index (χ4v) is 2.88. The quantitative estimate of drug-likeness (QED) is 0.774. The molecule has 134 valence electrons. The number of anilines is 2. The number of rotatable bonds is 5. The van der Waals surface area contributed by atoms with Crippen LogP contribution in [-0.4, -0.2) is 24.5 Å².